The lowest BCUT2D eigenvalue weighted by molar-refractivity contribution is 0.590. The minimum absolute atomic E-state index is 0.00694. The van der Waals surface area contributed by atoms with Gasteiger partial charge in [0.15, 0.2) is 0 Å². The lowest BCUT2D eigenvalue weighted by Gasteiger charge is -2.44. The molecule has 1 aliphatic carbocycles. The first-order valence-corrected chi connectivity index (χ1v) is 24.0. The van der Waals surface area contributed by atoms with Crippen LogP contribution in [0.5, 0.6) is 0 Å². The predicted octanol–water partition coefficient (Wildman–Crippen LogP) is 14.8. The zero-order chi connectivity index (χ0) is 45.9. The van der Waals surface area contributed by atoms with Crippen molar-refractivity contribution in [2.45, 2.75) is 78.6 Å². The molecule has 8 aromatic carbocycles. The van der Waals surface area contributed by atoms with Gasteiger partial charge in [-0.15, -0.1) is 0 Å². The summed E-state index contributed by atoms with van der Waals surface area (Å²) in [5, 5.41) is 3.63. The monoisotopic (exact) mass is 867 g/mol. The topological polar surface area (TPSA) is 24.6 Å². The van der Waals surface area contributed by atoms with Gasteiger partial charge in [0.05, 0.1) is 28.1 Å². The molecule has 0 fully saturated rings. The van der Waals surface area contributed by atoms with E-state index in [4.69, 9.17) is 4.42 Å². The molecule has 67 heavy (non-hydrogen) atoms. The Labute approximate surface area is 394 Å². The van der Waals surface area contributed by atoms with Gasteiger partial charge < -0.3 is 18.8 Å². The molecule has 13 rings (SSSR count). The van der Waals surface area contributed by atoms with Gasteiger partial charge in [0.25, 0.3) is 6.71 Å². The van der Waals surface area contributed by atoms with Crippen molar-refractivity contribution in [2.24, 2.45) is 0 Å². The summed E-state index contributed by atoms with van der Waals surface area (Å²) in [4.78, 5) is 5.10. The quantitative estimate of drug-likeness (QED) is 0.165. The summed E-state index contributed by atoms with van der Waals surface area (Å²) in [6.45, 7) is 20.7. The minimum Gasteiger partial charge on any atom is -0.468 e. The van der Waals surface area contributed by atoms with Crippen LogP contribution in [0.3, 0.4) is 0 Å². The summed E-state index contributed by atoms with van der Waals surface area (Å²) < 4.78 is 9.96. The molecule has 4 heterocycles. The summed E-state index contributed by atoms with van der Waals surface area (Å²) in [7, 11) is 0. The van der Waals surface area contributed by atoms with Crippen molar-refractivity contribution in [2.75, 3.05) is 9.80 Å². The van der Waals surface area contributed by atoms with E-state index in [9.17, 15) is 0 Å². The Balaban J connectivity index is 1.21. The average molecular weight is 868 g/mol. The molecule has 3 aliphatic rings. The molecule has 0 atom stereocenters. The molecule has 0 unspecified atom stereocenters. The molecular weight excluding hydrogens is 814 g/mol. The first kappa shape index (κ1) is 40.1. The van der Waals surface area contributed by atoms with Gasteiger partial charge in [0, 0.05) is 55.6 Å². The van der Waals surface area contributed by atoms with Gasteiger partial charge in [-0.3, -0.25) is 0 Å². The second-order valence-corrected chi connectivity index (χ2v) is 21.8. The number of hydrogen-bond acceptors (Lipinski definition) is 3. The summed E-state index contributed by atoms with van der Waals surface area (Å²) in [6.07, 6.45) is 0. The highest BCUT2D eigenvalue weighted by molar-refractivity contribution is 7.00. The smallest absolute Gasteiger partial charge is 0.297 e. The Morgan fingerprint density at radius 2 is 1.01 bits per heavy atom. The van der Waals surface area contributed by atoms with Crippen molar-refractivity contribution in [3.63, 3.8) is 0 Å². The van der Waals surface area contributed by atoms with Crippen LogP contribution in [0.2, 0.25) is 0 Å². The zero-order valence-electron chi connectivity index (χ0n) is 39.9. The van der Waals surface area contributed by atoms with Gasteiger partial charge in [-0.1, -0.05) is 152 Å². The normalized spacial score (nSPS) is 14.7. The van der Waals surface area contributed by atoms with Gasteiger partial charge in [0.1, 0.15) is 5.58 Å². The van der Waals surface area contributed by atoms with E-state index >= 15 is 0 Å². The number of anilines is 6. The Morgan fingerprint density at radius 3 is 1.63 bits per heavy atom. The van der Waals surface area contributed by atoms with E-state index in [1.165, 1.54) is 94.4 Å². The van der Waals surface area contributed by atoms with Crippen LogP contribution >= 0.6 is 0 Å². The lowest BCUT2D eigenvalue weighted by Crippen LogP contribution is -2.62. The van der Waals surface area contributed by atoms with E-state index in [1.54, 1.807) is 0 Å². The molecule has 0 N–H and O–H groups in total. The van der Waals surface area contributed by atoms with E-state index in [2.05, 4.69) is 240 Å². The predicted molar refractivity (Wildman–Crippen MR) is 284 cm³/mol. The second-order valence-electron chi connectivity index (χ2n) is 21.8. The number of para-hydroxylation sites is 3. The average Bonchev–Trinajstić information content (AvgIpc) is 3.94. The number of fused-ring (bicyclic) bond motifs is 13. The first-order valence-electron chi connectivity index (χ1n) is 24.0. The number of benzene rings is 8. The zero-order valence-corrected chi connectivity index (χ0v) is 39.9. The molecule has 4 nitrogen and oxygen atoms in total. The molecule has 5 heteroatoms. The fourth-order valence-corrected chi connectivity index (χ4v) is 12.1. The molecule has 0 bridgehead atoms. The Kier molecular flexibility index (Phi) is 8.18. The van der Waals surface area contributed by atoms with Crippen LogP contribution in [0.1, 0.15) is 83.2 Å². The summed E-state index contributed by atoms with van der Waals surface area (Å²) in [6, 6.07) is 61.7. The van der Waals surface area contributed by atoms with Gasteiger partial charge in [-0.05, 0) is 129 Å². The molecule has 10 aromatic rings. The van der Waals surface area contributed by atoms with Gasteiger partial charge in [0.2, 0.25) is 0 Å². The van der Waals surface area contributed by atoms with Gasteiger partial charge in [-0.25, -0.2) is 0 Å². The lowest BCUT2D eigenvalue weighted by atomic mass is 9.34. The Bertz CT molecular complexity index is 3650. The number of aromatic nitrogens is 1. The number of hydrogen-bond donors (Lipinski definition) is 0. The van der Waals surface area contributed by atoms with Crippen molar-refractivity contribution in [3.05, 3.63) is 192 Å². The molecule has 0 spiro atoms. The van der Waals surface area contributed by atoms with Crippen LogP contribution in [0.4, 0.5) is 34.1 Å². The van der Waals surface area contributed by atoms with Crippen LogP contribution in [0, 0.1) is 6.92 Å². The second kappa shape index (κ2) is 13.7. The molecule has 0 radical (unpaired) electrons. The fourth-order valence-electron chi connectivity index (χ4n) is 12.1. The number of rotatable bonds is 3. The third kappa shape index (κ3) is 5.55. The van der Waals surface area contributed by atoms with E-state index in [0.29, 0.717) is 0 Å². The molecule has 0 saturated heterocycles. The molecule has 326 valence electrons. The van der Waals surface area contributed by atoms with Crippen molar-refractivity contribution >= 4 is 90.2 Å². The standard InChI is InChI=1S/C62H54BN3O/c1-37-34-50-56-51(35-37)65(41-32-28-39(29-33-41)61(5,6)7)58-45-21-13-17-25-53(45)67-59(58)63(56)57-52(64(50)40-30-26-38(27-31-40)60(2,3)4)36-49(54-44-20-10-14-22-46(44)62(8,9)55(54)57)66-47-23-15-11-18-42(47)43-19-12-16-24-48(43)66/h10-36H,1-9H3. The Morgan fingerprint density at radius 1 is 0.507 bits per heavy atom. The van der Waals surface area contributed by atoms with Crippen LogP contribution in [0.15, 0.2) is 168 Å². The SMILES string of the molecule is Cc1cc2c3c(c1)N(c1ccc(C(C)(C)C)cc1)c1c(oc4ccccc14)B3c1c(cc(-n3c4ccccc4c4ccccc43)c3c1C(C)(C)c1ccccc1-3)N2c1ccc(C(C)(C)C)cc1. The van der Waals surface area contributed by atoms with Crippen LogP contribution < -0.4 is 26.4 Å². The maximum absolute atomic E-state index is 7.41. The first-order chi connectivity index (χ1) is 32.2. The van der Waals surface area contributed by atoms with E-state index < -0.39 is 0 Å². The third-order valence-corrected chi connectivity index (χ3v) is 15.3. The molecular formula is C62H54BN3O. The maximum atomic E-state index is 7.41. The van der Waals surface area contributed by atoms with Crippen molar-refractivity contribution in [3.8, 4) is 16.8 Å². The van der Waals surface area contributed by atoms with Gasteiger partial charge in [-0.2, -0.15) is 0 Å². The summed E-state index contributed by atoms with van der Waals surface area (Å²) in [5.74, 6) is 0. The number of aryl methyl sites for hydroxylation is 1. The highest BCUT2D eigenvalue weighted by atomic mass is 16.3. The van der Waals surface area contributed by atoms with Gasteiger partial charge >= 0.3 is 0 Å². The van der Waals surface area contributed by atoms with E-state index in [0.717, 1.165) is 33.7 Å². The highest BCUT2D eigenvalue weighted by Crippen LogP contribution is 2.56. The molecule has 2 aromatic heterocycles. The van der Waals surface area contributed by atoms with E-state index in [-0.39, 0.29) is 23.0 Å². The van der Waals surface area contributed by atoms with Crippen molar-refractivity contribution in [1.29, 1.82) is 0 Å². The molecule has 2 aliphatic heterocycles. The minimum atomic E-state index is -0.360. The van der Waals surface area contributed by atoms with Crippen LogP contribution in [0.25, 0.3) is 49.6 Å². The largest absolute Gasteiger partial charge is 0.468 e. The maximum Gasteiger partial charge on any atom is 0.297 e. The van der Waals surface area contributed by atoms with Crippen LogP contribution in [-0.4, -0.2) is 11.3 Å². The number of nitrogens with zero attached hydrogens (tertiary/aromatic N) is 3. The third-order valence-electron chi connectivity index (χ3n) is 15.3. The number of furan rings is 1. The Hall–Kier alpha value is -7.24. The molecule has 0 saturated carbocycles. The van der Waals surface area contributed by atoms with Crippen molar-refractivity contribution in [1.82, 2.24) is 4.57 Å². The molecule has 0 amide bonds. The van der Waals surface area contributed by atoms with Crippen molar-refractivity contribution < 1.29 is 4.42 Å². The van der Waals surface area contributed by atoms with Crippen LogP contribution in [-0.2, 0) is 16.2 Å². The highest BCUT2D eigenvalue weighted by Gasteiger charge is 2.52. The van der Waals surface area contributed by atoms with E-state index in [1.807, 2.05) is 0 Å². The summed E-state index contributed by atoms with van der Waals surface area (Å²) >= 11 is 0. The fraction of sp³-hybridized carbons (Fsp3) is 0.194. The summed E-state index contributed by atoms with van der Waals surface area (Å²) in [5.41, 5.74) is 23.8.